The summed E-state index contributed by atoms with van der Waals surface area (Å²) in [6.07, 6.45) is 0. The van der Waals surface area contributed by atoms with E-state index in [0.29, 0.717) is 5.69 Å². The molecule has 0 saturated carbocycles. The molecule has 3 aromatic carbocycles. The Morgan fingerprint density at radius 3 is 2.38 bits per heavy atom. The van der Waals surface area contributed by atoms with E-state index in [2.05, 4.69) is 0 Å². The summed E-state index contributed by atoms with van der Waals surface area (Å²) in [6.45, 7) is 0. The first-order valence-electron chi connectivity index (χ1n) is 6.94. The fourth-order valence-corrected chi connectivity index (χ4v) is 3.15. The van der Waals surface area contributed by atoms with Gasteiger partial charge in [-0.15, -0.1) is 0 Å². The van der Waals surface area contributed by atoms with Crippen LogP contribution in [0.5, 0.6) is 5.75 Å². The number of fused-ring (bicyclic) bond motifs is 1. The van der Waals surface area contributed by atoms with E-state index in [9.17, 15) is 18.7 Å². The molecule has 7 heteroatoms. The summed E-state index contributed by atoms with van der Waals surface area (Å²) in [5.41, 5.74) is 0.395. The van der Waals surface area contributed by atoms with Gasteiger partial charge in [-0.2, -0.15) is 0 Å². The molecule has 0 spiro atoms. The van der Waals surface area contributed by atoms with E-state index in [4.69, 9.17) is 5.11 Å². The van der Waals surface area contributed by atoms with Gasteiger partial charge in [0.25, 0.3) is 11.3 Å². The van der Waals surface area contributed by atoms with Crippen molar-refractivity contribution in [1.82, 2.24) is 0 Å². The molecule has 24 heavy (non-hydrogen) atoms. The van der Waals surface area contributed by atoms with Crippen molar-refractivity contribution >= 4 is 39.4 Å². The molecule has 3 rings (SSSR count). The van der Waals surface area contributed by atoms with Crippen molar-refractivity contribution in [2.24, 2.45) is 0 Å². The average Bonchev–Trinajstić information content (AvgIpc) is 2.55. The zero-order valence-corrected chi connectivity index (χ0v) is 13.1. The van der Waals surface area contributed by atoms with Crippen LogP contribution in [0, 0.1) is 0 Å². The molecule has 1 unspecified atom stereocenters. The summed E-state index contributed by atoms with van der Waals surface area (Å²) >= 11 is -2.41. The zero-order chi connectivity index (χ0) is 17.3. The maximum atomic E-state index is 11.9. The lowest BCUT2D eigenvalue weighted by molar-refractivity contribution is 0.0694. The van der Waals surface area contributed by atoms with Gasteiger partial charge in [0.15, 0.2) is 0 Å². The van der Waals surface area contributed by atoms with E-state index in [0.717, 1.165) is 21.1 Å². The van der Waals surface area contributed by atoms with Crippen molar-refractivity contribution in [2.75, 3.05) is 4.31 Å². The molecule has 0 aromatic heterocycles. The third-order valence-electron chi connectivity index (χ3n) is 3.59. The van der Waals surface area contributed by atoms with Gasteiger partial charge in [-0.25, -0.2) is 13.3 Å². The molecule has 0 aliphatic carbocycles. The highest BCUT2D eigenvalue weighted by Crippen LogP contribution is 2.35. The van der Waals surface area contributed by atoms with Crippen molar-refractivity contribution in [2.45, 2.75) is 0 Å². The lowest BCUT2D eigenvalue weighted by Gasteiger charge is -2.22. The second-order valence-electron chi connectivity index (χ2n) is 5.03. The molecule has 3 aromatic rings. The Balaban J connectivity index is 2.19. The van der Waals surface area contributed by atoms with Gasteiger partial charge < -0.3 is 10.2 Å². The fraction of sp³-hybridized carbons (Fsp3) is 0. The van der Waals surface area contributed by atoms with Crippen LogP contribution in [0.15, 0.2) is 60.7 Å². The van der Waals surface area contributed by atoms with Crippen LogP contribution in [0.4, 0.5) is 11.4 Å². The molecule has 0 saturated heterocycles. The molecule has 1 atom stereocenters. The van der Waals surface area contributed by atoms with Crippen LogP contribution in [-0.2, 0) is 11.3 Å². The maximum Gasteiger partial charge on any atom is 0.339 e. The number of rotatable bonds is 4. The van der Waals surface area contributed by atoms with Crippen molar-refractivity contribution in [1.29, 1.82) is 0 Å². The predicted octanol–water partition coefficient (Wildman–Crippen LogP) is 3.52. The summed E-state index contributed by atoms with van der Waals surface area (Å²) in [5.74, 6) is -1.75. The Labute approximate surface area is 140 Å². The summed E-state index contributed by atoms with van der Waals surface area (Å²) in [5, 5.41) is 20.5. The second-order valence-corrected chi connectivity index (χ2v) is 5.86. The SMILES string of the molecule is O=C(O)c1ccc(N(c2cccc3ccccc23)S(=O)O)cc1O. The average molecular weight is 343 g/mol. The summed E-state index contributed by atoms with van der Waals surface area (Å²) in [7, 11) is 0. The molecule has 0 aliphatic rings. The van der Waals surface area contributed by atoms with Gasteiger partial charge in [-0.1, -0.05) is 36.4 Å². The van der Waals surface area contributed by atoms with Gasteiger partial charge in [-0.3, -0.25) is 4.55 Å². The van der Waals surface area contributed by atoms with Crippen LogP contribution < -0.4 is 4.31 Å². The van der Waals surface area contributed by atoms with E-state index in [1.54, 1.807) is 12.1 Å². The number of carboxylic acids is 1. The smallest absolute Gasteiger partial charge is 0.339 e. The van der Waals surface area contributed by atoms with Gasteiger partial charge in [0.05, 0.1) is 11.4 Å². The Bertz CT molecular complexity index is 951. The molecule has 122 valence electrons. The van der Waals surface area contributed by atoms with E-state index >= 15 is 0 Å². The molecule has 6 nitrogen and oxygen atoms in total. The predicted molar refractivity (Wildman–Crippen MR) is 91.9 cm³/mol. The molecular formula is C17H13NO5S. The van der Waals surface area contributed by atoms with Crippen molar-refractivity contribution in [3.05, 3.63) is 66.2 Å². The largest absolute Gasteiger partial charge is 0.507 e. The zero-order valence-electron chi connectivity index (χ0n) is 12.3. The van der Waals surface area contributed by atoms with Crippen molar-refractivity contribution in [3.63, 3.8) is 0 Å². The molecule has 0 fully saturated rings. The molecule has 3 N–H and O–H groups in total. The number of hydrogen-bond acceptors (Lipinski definition) is 3. The van der Waals surface area contributed by atoms with Gasteiger partial charge in [-0.05, 0) is 23.6 Å². The third kappa shape index (κ3) is 2.82. The fourth-order valence-electron chi connectivity index (χ4n) is 2.53. The van der Waals surface area contributed by atoms with Crippen LogP contribution in [0.1, 0.15) is 10.4 Å². The number of anilines is 2. The van der Waals surface area contributed by atoms with Crippen LogP contribution in [0.2, 0.25) is 0 Å². The summed E-state index contributed by atoms with van der Waals surface area (Å²) in [6, 6.07) is 16.4. The Hall–Kier alpha value is -2.90. The quantitative estimate of drug-likeness (QED) is 0.630. The number of aromatic hydroxyl groups is 1. The van der Waals surface area contributed by atoms with Crippen LogP contribution in [-0.4, -0.2) is 24.9 Å². The molecule has 0 heterocycles. The van der Waals surface area contributed by atoms with E-state index in [1.807, 2.05) is 30.3 Å². The van der Waals surface area contributed by atoms with Crippen molar-refractivity contribution in [3.8, 4) is 5.75 Å². The van der Waals surface area contributed by atoms with Gasteiger partial charge in [0, 0.05) is 11.5 Å². The minimum Gasteiger partial charge on any atom is -0.507 e. The Morgan fingerprint density at radius 1 is 1.00 bits per heavy atom. The number of aromatic carboxylic acids is 1. The van der Waals surface area contributed by atoms with Gasteiger partial charge in [0.1, 0.15) is 11.3 Å². The number of nitrogens with zero attached hydrogens (tertiary/aromatic N) is 1. The first-order chi connectivity index (χ1) is 11.5. The van der Waals surface area contributed by atoms with Crippen molar-refractivity contribution < 1.29 is 23.8 Å². The normalized spacial score (nSPS) is 12.0. The number of phenols is 1. The minimum atomic E-state index is -2.41. The number of carbonyl (C=O) groups is 1. The van der Waals surface area contributed by atoms with Crippen LogP contribution in [0.3, 0.4) is 0 Å². The molecule has 0 amide bonds. The topological polar surface area (TPSA) is 98.1 Å². The highest BCUT2D eigenvalue weighted by Gasteiger charge is 2.20. The standard InChI is InChI=1S/C17H13NO5S/c19-16-10-12(8-9-14(16)17(20)21)18(24(22)23)15-7-3-5-11-4-1-2-6-13(11)15/h1-10,19H,(H,20,21)(H,22,23). The van der Waals surface area contributed by atoms with Crippen LogP contribution in [0.25, 0.3) is 10.8 Å². The first-order valence-corrected chi connectivity index (χ1v) is 8.00. The molecule has 0 bridgehead atoms. The minimum absolute atomic E-state index is 0.203. The van der Waals surface area contributed by atoms with E-state index in [-0.39, 0.29) is 11.3 Å². The highest BCUT2D eigenvalue weighted by molar-refractivity contribution is 7.81. The number of benzene rings is 3. The molecular weight excluding hydrogens is 330 g/mol. The Morgan fingerprint density at radius 2 is 1.71 bits per heavy atom. The summed E-state index contributed by atoms with van der Waals surface area (Å²) < 4.78 is 22.8. The third-order valence-corrected chi connectivity index (χ3v) is 4.31. The number of carboxylic acid groups (broad SMARTS) is 1. The van der Waals surface area contributed by atoms with Crippen LogP contribution >= 0.6 is 0 Å². The van der Waals surface area contributed by atoms with E-state index < -0.39 is 23.0 Å². The lowest BCUT2D eigenvalue weighted by Crippen LogP contribution is -2.19. The van der Waals surface area contributed by atoms with Gasteiger partial charge >= 0.3 is 5.97 Å². The second kappa shape index (κ2) is 6.31. The number of hydrogen-bond donors (Lipinski definition) is 3. The lowest BCUT2D eigenvalue weighted by atomic mass is 10.1. The highest BCUT2D eigenvalue weighted by atomic mass is 32.2. The summed E-state index contributed by atoms with van der Waals surface area (Å²) in [4.78, 5) is 11.0. The monoisotopic (exact) mass is 343 g/mol. The molecule has 0 aliphatic heterocycles. The van der Waals surface area contributed by atoms with E-state index in [1.165, 1.54) is 12.1 Å². The van der Waals surface area contributed by atoms with Gasteiger partial charge in [0.2, 0.25) is 0 Å². The first kappa shape index (κ1) is 16.0. The Kier molecular flexibility index (Phi) is 4.20. The molecule has 0 radical (unpaired) electrons. The maximum absolute atomic E-state index is 11.9.